The Morgan fingerprint density at radius 2 is 1.92 bits per heavy atom. The molecule has 0 saturated heterocycles. The largest absolute Gasteiger partial charge is 0.326 e. The Kier molecular flexibility index (Phi) is 3.90. The number of rotatable bonds is 4. The van der Waals surface area contributed by atoms with Crippen LogP contribution in [0, 0.1) is 0 Å². The van der Waals surface area contributed by atoms with E-state index >= 15 is 0 Å². The van der Waals surface area contributed by atoms with Gasteiger partial charge < -0.3 is 9.13 Å². The van der Waals surface area contributed by atoms with Gasteiger partial charge in [0.2, 0.25) is 0 Å². The molecule has 0 aliphatic heterocycles. The highest BCUT2D eigenvalue weighted by Gasteiger charge is 2.17. The number of aromatic nitrogens is 4. The van der Waals surface area contributed by atoms with Gasteiger partial charge >= 0.3 is 0 Å². The minimum absolute atomic E-state index is 0.0110. The maximum atomic E-state index is 12.0. The molecule has 0 aliphatic carbocycles. The van der Waals surface area contributed by atoms with Crippen LogP contribution in [0.1, 0.15) is 24.1 Å². The van der Waals surface area contributed by atoms with Crippen molar-refractivity contribution in [2.24, 2.45) is 0 Å². The van der Waals surface area contributed by atoms with E-state index in [1.54, 1.807) is 10.8 Å². The highest BCUT2D eigenvalue weighted by Crippen LogP contribution is 2.28. The first-order valence-corrected chi connectivity index (χ1v) is 8.30. The Labute approximate surface area is 145 Å². The molecule has 0 N–H and O–H groups in total. The average molecular weight is 330 g/mol. The molecule has 5 nitrogen and oxygen atoms in total. The predicted octanol–water partition coefficient (Wildman–Crippen LogP) is 3.25. The van der Waals surface area contributed by atoms with Gasteiger partial charge in [0, 0.05) is 18.9 Å². The van der Waals surface area contributed by atoms with Crippen LogP contribution in [0.4, 0.5) is 0 Å². The molecule has 0 fully saturated rings. The lowest BCUT2D eigenvalue weighted by atomic mass is 9.98. The standard InChI is InChI=1S/C20H18N4O/c1-2-24-18-9-8-16(12-17(18)22-13-19(24)25)20(23-11-10-21-14-23)15-6-4-3-5-7-15/h3-14,20H,2H2,1H3. The fraction of sp³-hybridized carbons (Fsp3) is 0.150. The van der Waals surface area contributed by atoms with Gasteiger partial charge in [-0.15, -0.1) is 0 Å². The van der Waals surface area contributed by atoms with Gasteiger partial charge in [0.05, 0.1) is 29.6 Å². The molecule has 25 heavy (non-hydrogen) atoms. The summed E-state index contributed by atoms with van der Waals surface area (Å²) in [6, 6.07) is 16.4. The smallest absolute Gasteiger partial charge is 0.269 e. The van der Waals surface area contributed by atoms with Gasteiger partial charge in [0.1, 0.15) is 0 Å². The molecule has 0 bridgehead atoms. The van der Waals surface area contributed by atoms with Gasteiger partial charge in [-0.1, -0.05) is 36.4 Å². The summed E-state index contributed by atoms with van der Waals surface area (Å²) in [5.74, 6) is 0. The zero-order valence-electron chi connectivity index (χ0n) is 13.9. The molecule has 2 aromatic carbocycles. The number of hydrogen-bond donors (Lipinski definition) is 0. The maximum Gasteiger partial charge on any atom is 0.269 e. The Morgan fingerprint density at radius 3 is 2.64 bits per heavy atom. The molecule has 1 unspecified atom stereocenters. The number of hydrogen-bond acceptors (Lipinski definition) is 3. The van der Waals surface area contributed by atoms with E-state index in [-0.39, 0.29) is 11.6 Å². The third kappa shape index (κ3) is 2.74. The van der Waals surface area contributed by atoms with Crippen LogP contribution in [0.25, 0.3) is 11.0 Å². The van der Waals surface area contributed by atoms with Crippen molar-refractivity contribution >= 4 is 11.0 Å². The molecular formula is C20H18N4O. The molecule has 4 aromatic rings. The summed E-state index contributed by atoms with van der Waals surface area (Å²) in [5, 5.41) is 0. The SMILES string of the molecule is CCn1c(=O)cnc2cc(C(c3ccccc3)n3ccnc3)ccc21. The van der Waals surface area contributed by atoms with E-state index in [9.17, 15) is 4.79 Å². The third-order valence-corrected chi connectivity index (χ3v) is 4.44. The predicted molar refractivity (Wildman–Crippen MR) is 97.6 cm³/mol. The average Bonchev–Trinajstić information content (AvgIpc) is 3.17. The molecule has 1 atom stereocenters. The molecule has 0 saturated carbocycles. The summed E-state index contributed by atoms with van der Waals surface area (Å²) >= 11 is 0. The van der Waals surface area contributed by atoms with E-state index in [4.69, 9.17) is 0 Å². The van der Waals surface area contributed by atoms with E-state index in [1.807, 2.05) is 43.7 Å². The molecule has 124 valence electrons. The van der Waals surface area contributed by atoms with Crippen LogP contribution < -0.4 is 5.56 Å². The van der Waals surface area contributed by atoms with Crippen LogP contribution in [0.3, 0.4) is 0 Å². The molecule has 2 aromatic heterocycles. The van der Waals surface area contributed by atoms with E-state index in [2.05, 4.69) is 38.8 Å². The summed E-state index contributed by atoms with van der Waals surface area (Å²) in [6.45, 7) is 2.59. The Bertz CT molecular complexity index is 1050. The van der Waals surface area contributed by atoms with Crippen LogP contribution in [-0.2, 0) is 6.54 Å². The van der Waals surface area contributed by atoms with Crippen molar-refractivity contribution in [1.82, 2.24) is 19.1 Å². The summed E-state index contributed by atoms with van der Waals surface area (Å²) in [6.07, 6.45) is 6.96. The Balaban J connectivity index is 1.91. The molecule has 5 heteroatoms. The molecular weight excluding hydrogens is 312 g/mol. The first kappa shape index (κ1) is 15.3. The topological polar surface area (TPSA) is 52.7 Å². The summed E-state index contributed by atoms with van der Waals surface area (Å²) < 4.78 is 3.81. The van der Waals surface area contributed by atoms with Crippen molar-refractivity contribution < 1.29 is 0 Å². The second-order valence-corrected chi connectivity index (χ2v) is 5.91. The van der Waals surface area contributed by atoms with Crippen LogP contribution in [0.15, 0.2) is 78.2 Å². The Morgan fingerprint density at radius 1 is 1.08 bits per heavy atom. The van der Waals surface area contributed by atoms with E-state index in [0.29, 0.717) is 6.54 Å². The van der Waals surface area contributed by atoms with E-state index in [1.165, 1.54) is 11.8 Å². The third-order valence-electron chi connectivity index (χ3n) is 4.44. The maximum absolute atomic E-state index is 12.0. The van der Waals surface area contributed by atoms with Crippen molar-refractivity contribution in [3.8, 4) is 0 Å². The highest BCUT2D eigenvalue weighted by atomic mass is 16.1. The summed E-state index contributed by atoms with van der Waals surface area (Å²) in [5.41, 5.74) is 3.88. The number of benzene rings is 2. The Hall–Kier alpha value is -3.21. The number of aryl methyl sites for hydroxylation is 1. The normalized spacial score (nSPS) is 12.4. The van der Waals surface area contributed by atoms with Gasteiger partial charge in [-0.3, -0.25) is 4.79 Å². The molecule has 2 heterocycles. The second-order valence-electron chi connectivity index (χ2n) is 5.91. The molecule has 0 amide bonds. The zero-order valence-corrected chi connectivity index (χ0v) is 13.9. The van der Waals surface area contributed by atoms with Gasteiger partial charge in [-0.05, 0) is 30.2 Å². The van der Waals surface area contributed by atoms with Gasteiger partial charge in [0.15, 0.2) is 0 Å². The lowest BCUT2D eigenvalue weighted by Crippen LogP contribution is -2.19. The lowest BCUT2D eigenvalue weighted by Gasteiger charge is -2.20. The van der Waals surface area contributed by atoms with Gasteiger partial charge in [-0.2, -0.15) is 0 Å². The molecule has 0 radical (unpaired) electrons. The van der Waals surface area contributed by atoms with E-state index < -0.39 is 0 Å². The molecule has 0 spiro atoms. The first-order chi connectivity index (χ1) is 12.3. The van der Waals surface area contributed by atoms with E-state index in [0.717, 1.165) is 16.6 Å². The minimum atomic E-state index is -0.0723. The van der Waals surface area contributed by atoms with Crippen molar-refractivity contribution in [2.45, 2.75) is 19.5 Å². The molecule has 4 rings (SSSR count). The first-order valence-electron chi connectivity index (χ1n) is 8.30. The fourth-order valence-electron chi connectivity index (χ4n) is 3.28. The van der Waals surface area contributed by atoms with Crippen molar-refractivity contribution in [2.75, 3.05) is 0 Å². The van der Waals surface area contributed by atoms with Crippen molar-refractivity contribution in [3.63, 3.8) is 0 Å². The van der Waals surface area contributed by atoms with Gasteiger partial charge in [-0.25, -0.2) is 9.97 Å². The van der Waals surface area contributed by atoms with Crippen LogP contribution in [-0.4, -0.2) is 19.1 Å². The second kappa shape index (κ2) is 6.36. The quantitative estimate of drug-likeness (QED) is 0.577. The highest BCUT2D eigenvalue weighted by molar-refractivity contribution is 5.75. The number of nitrogens with zero attached hydrogens (tertiary/aromatic N) is 4. The summed E-state index contributed by atoms with van der Waals surface area (Å²) in [7, 11) is 0. The van der Waals surface area contributed by atoms with Crippen LogP contribution in [0.2, 0.25) is 0 Å². The monoisotopic (exact) mass is 330 g/mol. The number of fused-ring (bicyclic) bond motifs is 1. The van der Waals surface area contributed by atoms with Crippen LogP contribution >= 0.6 is 0 Å². The lowest BCUT2D eigenvalue weighted by molar-refractivity contribution is 0.676. The summed E-state index contributed by atoms with van der Waals surface area (Å²) in [4.78, 5) is 20.5. The van der Waals surface area contributed by atoms with Crippen molar-refractivity contribution in [1.29, 1.82) is 0 Å². The zero-order chi connectivity index (χ0) is 17.2. The number of imidazole rings is 1. The minimum Gasteiger partial charge on any atom is -0.326 e. The molecule has 0 aliphatic rings. The fourth-order valence-corrected chi connectivity index (χ4v) is 3.28. The van der Waals surface area contributed by atoms with Crippen molar-refractivity contribution in [3.05, 3.63) is 94.9 Å². The van der Waals surface area contributed by atoms with Crippen LogP contribution in [0.5, 0.6) is 0 Å². The van der Waals surface area contributed by atoms with Gasteiger partial charge in [0.25, 0.3) is 5.56 Å².